The lowest BCUT2D eigenvalue weighted by Crippen LogP contribution is -2.58. The number of ether oxygens (including phenoxy) is 2. The Balaban J connectivity index is 1.47. The summed E-state index contributed by atoms with van der Waals surface area (Å²) in [5, 5.41) is 4.12. The molecule has 0 unspecified atom stereocenters. The first kappa shape index (κ1) is 20.8. The number of carbonyl (C=O) groups is 1. The topological polar surface area (TPSA) is 68.0 Å². The molecule has 7 heteroatoms. The molecule has 3 atom stereocenters. The van der Waals surface area contributed by atoms with Gasteiger partial charge in [0.15, 0.2) is 5.76 Å². The third-order valence-electron chi connectivity index (χ3n) is 7.15. The Morgan fingerprint density at radius 1 is 1.28 bits per heavy atom. The molecular formula is C22H35N3O4. The maximum absolute atomic E-state index is 13.2. The van der Waals surface area contributed by atoms with Gasteiger partial charge in [0.2, 0.25) is 0 Å². The third kappa shape index (κ3) is 4.37. The van der Waals surface area contributed by atoms with Crippen molar-refractivity contribution < 1.29 is 18.8 Å². The quantitative estimate of drug-likeness (QED) is 0.674. The van der Waals surface area contributed by atoms with E-state index in [1.807, 2.05) is 13.0 Å². The van der Waals surface area contributed by atoms with Crippen molar-refractivity contribution in [2.45, 2.75) is 58.5 Å². The van der Waals surface area contributed by atoms with E-state index in [0.29, 0.717) is 25.1 Å². The van der Waals surface area contributed by atoms with Gasteiger partial charge in [0.05, 0.1) is 37.5 Å². The highest BCUT2D eigenvalue weighted by Crippen LogP contribution is 2.48. The van der Waals surface area contributed by atoms with Gasteiger partial charge in [-0.05, 0) is 51.5 Å². The SMILES string of the molecule is CCOC(=O)[C@@]12CC[C@@H](N3CCOCC3)C[C@H]1CCN(Cc1cc(CC)no1)C2. The van der Waals surface area contributed by atoms with Crippen LogP contribution in [0.4, 0.5) is 0 Å². The molecule has 162 valence electrons. The number of morpholine rings is 1. The van der Waals surface area contributed by atoms with Gasteiger partial charge < -0.3 is 14.0 Å². The smallest absolute Gasteiger partial charge is 0.313 e. The molecule has 7 nitrogen and oxygen atoms in total. The number of piperidine rings is 1. The Morgan fingerprint density at radius 3 is 2.83 bits per heavy atom. The van der Waals surface area contributed by atoms with Gasteiger partial charge in [-0.1, -0.05) is 12.1 Å². The van der Waals surface area contributed by atoms with Crippen molar-refractivity contribution in [3.8, 4) is 0 Å². The van der Waals surface area contributed by atoms with Crippen LogP contribution in [0.2, 0.25) is 0 Å². The average molecular weight is 406 g/mol. The minimum atomic E-state index is -0.384. The van der Waals surface area contributed by atoms with E-state index in [1.165, 1.54) is 0 Å². The van der Waals surface area contributed by atoms with Crippen molar-refractivity contribution in [2.24, 2.45) is 11.3 Å². The molecular weight excluding hydrogens is 370 g/mol. The first-order valence-corrected chi connectivity index (χ1v) is 11.3. The number of aromatic nitrogens is 1. The molecule has 29 heavy (non-hydrogen) atoms. The van der Waals surface area contributed by atoms with Crippen LogP contribution in [0.15, 0.2) is 10.6 Å². The van der Waals surface area contributed by atoms with Crippen molar-refractivity contribution >= 4 is 5.97 Å². The predicted octanol–water partition coefficient (Wildman–Crippen LogP) is 2.49. The van der Waals surface area contributed by atoms with Crippen LogP contribution < -0.4 is 0 Å². The number of fused-ring (bicyclic) bond motifs is 1. The van der Waals surface area contributed by atoms with Crippen LogP contribution in [-0.4, -0.2) is 73.0 Å². The van der Waals surface area contributed by atoms with Crippen LogP contribution in [0.1, 0.15) is 51.0 Å². The fourth-order valence-electron chi connectivity index (χ4n) is 5.55. The normalized spacial score (nSPS) is 31.4. The Kier molecular flexibility index (Phi) is 6.56. The minimum Gasteiger partial charge on any atom is -0.466 e. The molecule has 4 rings (SSSR count). The Labute approximate surface area is 173 Å². The molecule has 3 fully saturated rings. The first-order valence-electron chi connectivity index (χ1n) is 11.3. The fourth-order valence-corrected chi connectivity index (χ4v) is 5.55. The number of carbonyl (C=O) groups excluding carboxylic acids is 1. The molecule has 3 heterocycles. The van der Waals surface area contributed by atoms with E-state index in [0.717, 1.165) is 83.0 Å². The molecule has 2 saturated heterocycles. The highest BCUT2D eigenvalue weighted by Gasteiger charge is 2.53. The number of aryl methyl sites for hydroxylation is 1. The molecule has 3 aliphatic rings. The molecule has 1 aromatic heterocycles. The van der Waals surface area contributed by atoms with Gasteiger partial charge in [0.1, 0.15) is 0 Å². The second kappa shape index (κ2) is 9.14. The number of rotatable bonds is 6. The highest BCUT2D eigenvalue weighted by atomic mass is 16.5. The van der Waals surface area contributed by atoms with Crippen LogP contribution in [0, 0.1) is 11.3 Å². The van der Waals surface area contributed by atoms with Crippen LogP contribution >= 0.6 is 0 Å². The summed E-state index contributed by atoms with van der Waals surface area (Å²) < 4.78 is 16.6. The van der Waals surface area contributed by atoms with Crippen molar-refractivity contribution in [3.05, 3.63) is 17.5 Å². The fraction of sp³-hybridized carbons (Fsp3) is 0.818. The van der Waals surface area contributed by atoms with Crippen LogP contribution in [-0.2, 0) is 27.2 Å². The maximum Gasteiger partial charge on any atom is 0.313 e. The van der Waals surface area contributed by atoms with E-state index in [2.05, 4.69) is 21.9 Å². The molecule has 1 saturated carbocycles. The van der Waals surface area contributed by atoms with Crippen LogP contribution in [0.3, 0.4) is 0 Å². The average Bonchev–Trinajstić information content (AvgIpc) is 3.21. The van der Waals surface area contributed by atoms with Crippen molar-refractivity contribution in [1.29, 1.82) is 0 Å². The number of likely N-dealkylation sites (tertiary alicyclic amines) is 1. The summed E-state index contributed by atoms with van der Waals surface area (Å²) in [6.45, 7) is 10.6. The molecule has 0 amide bonds. The number of esters is 1. The monoisotopic (exact) mass is 405 g/mol. The molecule has 1 aromatic rings. The molecule has 0 bridgehead atoms. The van der Waals surface area contributed by atoms with Crippen molar-refractivity contribution in [1.82, 2.24) is 15.0 Å². The van der Waals surface area contributed by atoms with E-state index < -0.39 is 0 Å². The maximum atomic E-state index is 13.2. The van der Waals surface area contributed by atoms with Crippen molar-refractivity contribution in [3.63, 3.8) is 0 Å². The summed E-state index contributed by atoms with van der Waals surface area (Å²) in [6, 6.07) is 2.61. The van der Waals surface area contributed by atoms with E-state index in [9.17, 15) is 4.79 Å². The van der Waals surface area contributed by atoms with E-state index in [4.69, 9.17) is 14.0 Å². The minimum absolute atomic E-state index is 0.00180. The lowest BCUT2D eigenvalue weighted by atomic mass is 9.61. The third-order valence-corrected chi connectivity index (χ3v) is 7.15. The second-order valence-corrected chi connectivity index (χ2v) is 8.79. The summed E-state index contributed by atoms with van der Waals surface area (Å²) in [7, 11) is 0. The molecule has 0 aromatic carbocycles. The van der Waals surface area contributed by atoms with E-state index >= 15 is 0 Å². The van der Waals surface area contributed by atoms with Crippen LogP contribution in [0.5, 0.6) is 0 Å². The Hall–Kier alpha value is -1.44. The molecule has 1 aliphatic carbocycles. The summed E-state index contributed by atoms with van der Waals surface area (Å²) in [6.07, 6.45) is 4.97. The zero-order valence-corrected chi connectivity index (χ0v) is 17.9. The van der Waals surface area contributed by atoms with Gasteiger partial charge in [-0.15, -0.1) is 0 Å². The zero-order valence-electron chi connectivity index (χ0n) is 17.9. The van der Waals surface area contributed by atoms with Gasteiger partial charge in [0.25, 0.3) is 0 Å². The van der Waals surface area contributed by atoms with Gasteiger partial charge in [-0.25, -0.2) is 0 Å². The number of hydrogen-bond acceptors (Lipinski definition) is 7. The lowest BCUT2D eigenvalue weighted by molar-refractivity contribution is -0.170. The van der Waals surface area contributed by atoms with Gasteiger partial charge in [-0.3, -0.25) is 14.6 Å². The Morgan fingerprint density at radius 2 is 2.10 bits per heavy atom. The summed E-state index contributed by atoms with van der Waals surface area (Å²) >= 11 is 0. The lowest BCUT2D eigenvalue weighted by Gasteiger charge is -2.52. The van der Waals surface area contributed by atoms with E-state index in [-0.39, 0.29) is 11.4 Å². The largest absolute Gasteiger partial charge is 0.466 e. The summed E-state index contributed by atoms with van der Waals surface area (Å²) in [4.78, 5) is 18.1. The standard InChI is InChI=1S/C22H35N3O4/c1-3-18-14-20(29-23-18)15-24-8-6-17-13-19(25-9-11-27-12-10-25)5-7-22(17,16-24)21(26)28-4-2/h14,17,19H,3-13,15-16H2,1-2H3/t17-,19-,22-/m1/s1. The number of nitrogens with zero attached hydrogens (tertiary/aromatic N) is 3. The first-order chi connectivity index (χ1) is 14.1. The molecule has 0 N–H and O–H groups in total. The molecule has 0 radical (unpaired) electrons. The van der Waals surface area contributed by atoms with Gasteiger partial charge in [0, 0.05) is 31.7 Å². The van der Waals surface area contributed by atoms with Gasteiger partial charge in [-0.2, -0.15) is 0 Å². The van der Waals surface area contributed by atoms with Crippen LogP contribution in [0.25, 0.3) is 0 Å². The summed E-state index contributed by atoms with van der Waals surface area (Å²) in [5.74, 6) is 1.28. The highest BCUT2D eigenvalue weighted by molar-refractivity contribution is 5.78. The number of hydrogen-bond donors (Lipinski definition) is 0. The van der Waals surface area contributed by atoms with E-state index in [1.54, 1.807) is 0 Å². The second-order valence-electron chi connectivity index (χ2n) is 8.79. The van der Waals surface area contributed by atoms with Crippen molar-refractivity contribution in [2.75, 3.05) is 46.0 Å². The summed E-state index contributed by atoms with van der Waals surface area (Å²) in [5.41, 5.74) is 0.603. The predicted molar refractivity (Wildman–Crippen MR) is 108 cm³/mol. The molecule has 0 spiro atoms. The molecule has 2 aliphatic heterocycles. The Bertz CT molecular complexity index is 687. The zero-order chi connectivity index (χ0) is 20.3. The van der Waals surface area contributed by atoms with Gasteiger partial charge >= 0.3 is 5.97 Å².